The van der Waals surface area contributed by atoms with E-state index in [9.17, 15) is 4.79 Å². The number of amides is 1. The van der Waals surface area contributed by atoms with Crippen molar-refractivity contribution in [3.8, 4) is 0 Å². The van der Waals surface area contributed by atoms with E-state index in [1.807, 2.05) is 41.3 Å². The SMILES string of the molecule is C=CCCC[C@H]1CC[C@@H](/C=C/CC)N1C(=O)OCc1ccccc1. The number of carbonyl (C=O) groups is 1. The largest absolute Gasteiger partial charge is 0.445 e. The molecule has 3 heteroatoms. The van der Waals surface area contributed by atoms with E-state index in [2.05, 4.69) is 25.7 Å². The minimum atomic E-state index is -0.189. The zero-order valence-electron chi connectivity index (χ0n) is 14.7. The second kappa shape index (κ2) is 9.96. The summed E-state index contributed by atoms with van der Waals surface area (Å²) in [5.74, 6) is 0. The van der Waals surface area contributed by atoms with Gasteiger partial charge in [-0.25, -0.2) is 4.79 Å². The van der Waals surface area contributed by atoms with E-state index >= 15 is 0 Å². The summed E-state index contributed by atoms with van der Waals surface area (Å²) in [4.78, 5) is 14.6. The summed E-state index contributed by atoms with van der Waals surface area (Å²) in [7, 11) is 0. The van der Waals surface area contributed by atoms with Gasteiger partial charge in [0.05, 0.1) is 6.04 Å². The Morgan fingerprint density at radius 2 is 2.12 bits per heavy atom. The average molecular weight is 327 g/mol. The Kier molecular flexibility index (Phi) is 7.60. The summed E-state index contributed by atoms with van der Waals surface area (Å²) in [6.45, 7) is 6.23. The van der Waals surface area contributed by atoms with Crippen LogP contribution in [0.2, 0.25) is 0 Å². The molecule has 1 amide bonds. The van der Waals surface area contributed by atoms with Crippen LogP contribution in [0.5, 0.6) is 0 Å². The molecule has 0 aromatic heterocycles. The molecule has 0 bridgehead atoms. The topological polar surface area (TPSA) is 29.5 Å². The Balaban J connectivity index is 1.99. The van der Waals surface area contributed by atoms with Gasteiger partial charge in [-0.2, -0.15) is 0 Å². The fraction of sp³-hybridized carbons (Fsp3) is 0.476. The molecule has 0 radical (unpaired) electrons. The summed E-state index contributed by atoms with van der Waals surface area (Å²) < 4.78 is 5.59. The molecule has 24 heavy (non-hydrogen) atoms. The molecule has 3 nitrogen and oxygen atoms in total. The second-order valence-electron chi connectivity index (χ2n) is 6.30. The van der Waals surface area contributed by atoms with Gasteiger partial charge in [0.2, 0.25) is 0 Å². The van der Waals surface area contributed by atoms with Gasteiger partial charge in [0, 0.05) is 6.04 Å². The van der Waals surface area contributed by atoms with E-state index in [4.69, 9.17) is 4.74 Å². The highest BCUT2D eigenvalue weighted by atomic mass is 16.6. The van der Waals surface area contributed by atoms with E-state index in [0.717, 1.165) is 44.1 Å². The van der Waals surface area contributed by atoms with E-state index in [0.29, 0.717) is 6.61 Å². The lowest BCUT2D eigenvalue weighted by Gasteiger charge is -2.28. The van der Waals surface area contributed by atoms with Gasteiger partial charge in [0.1, 0.15) is 6.61 Å². The molecule has 1 saturated heterocycles. The zero-order chi connectivity index (χ0) is 17.2. The van der Waals surface area contributed by atoms with E-state index < -0.39 is 0 Å². The van der Waals surface area contributed by atoms with Gasteiger partial charge in [0.15, 0.2) is 0 Å². The molecule has 1 aromatic carbocycles. The van der Waals surface area contributed by atoms with Crippen LogP contribution in [0.4, 0.5) is 4.79 Å². The smallest absolute Gasteiger partial charge is 0.410 e. The number of nitrogens with zero attached hydrogens (tertiary/aromatic N) is 1. The lowest BCUT2D eigenvalue weighted by Crippen LogP contribution is -2.40. The first-order valence-electron chi connectivity index (χ1n) is 9.02. The summed E-state index contributed by atoms with van der Waals surface area (Å²) in [6.07, 6.45) is 12.2. The normalized spacial score (nSPS) is 20.5. The van der Waals surface area contributed by atoms with Crippen LogP contribution in [0.15, 0.2) is 55.1 Å². The number of benzene rings is 1. The van der Waals surface area contributed by atoms with Crippen molar-refractivity contribution in [1.29, 1.82) is 0 Å². The maximum absolute atomic E-state index is 12.7. The number of ether oxygens (including phenoxy) is 1. The standard InChI is InChI=1S/C21H29NO2/c1-3-5-8-14-20-16-15-19(13-6-4-2)22(20)21(23)24-17-18-11-9-7-10-12-18/h3,6-7,9-13,19-20H,1,4-5,8,14-17H2,2H3/b13-6+/t19-,20+/m1/s1. The Bertz CT molecular complexity index is 538. The molecule has 0 unspecified atom stereocenters. The number of unbranched alkanes of at least 4 members (excludes halogenated alkanes) is 1. The first kappa shape index (κ1) is 18.3. The van der Waals surface area contributed by atoms with Gasteiger partial charge in [-0.15, -0.1) is 6.58 Å². The van der Waals surface area contributed by atoms with Crippen molar-refractivity contribution in [3.05, 3.63) is 60.7 Å². The number of allylic oxidation sites excluding steroid dienone is 2. The maximum atomic E-state index is 12.7. The fourth-order valence-corrected chi connectivity index (χ4v) is 3.25. The third-order valence-corrected chi connectivity index (χ3v) is 4.50. The van der Waals surface area contributed by atoms with Gasteiger partial charge in [-0.3, -0.25) is 4.90 Å². The molecule has 1 aliphatic heterocycles. The van der Waals surface area contributed by atoms with Gasteiger partial charge in [-0.05, 0) is 44.1 Å². The van der Waals surface area contributed by atoms with Gasteiger partial charge in [0.25, 0.3) is 0 Å². The molecule has 0 aliphatic carbocycles. The molecule has 1 fully saturated rings. The number of carbonyl (C=O) groups excluding carboxylic acids is 1. The van der Waals surface area contributed by atoms with Crippen molar-refractivity contribution in [3.63, 3.8) is 0 Å². The van der Waals surface area contributed by atoms with Crippen LogP contribution >= 0.6 is 0 Å². The summed E-state index contributed by atoms with van der Waals surface area (Å²) in [5, 5.41) is 0. The predicted molar refractivity (Wildman–Crippen MR) is 98.8 cm³/mol. The van der Waals surface area contributed by atoms with Gasteiger partial charge >= 0.3 is 6.09 Å². The van der Waals surface area contributed by atoms with Crippen molar-refractivity contribution in [2.75, 3.05) is 0 Å². The molecule has 130 valence electrons. The van der Waals surface area contributed by atoms with Crippen molar-refractivity contribution in [1.82, 2.24) is 4.90 Å². The molecule has 1 heterocycles. The van der Waals surface area contributed by atoms with E-state index in [-0.39, 0.29) is 18.2 Å². The number of hydrogen-bond acceptors (Lipinski definition) is 2. The van der Waals surface area contributed by atoms with Gasteiger partial charge in [-0.1, -0.05) is 55.5 Å². The Morgan fingerprint density at radius 1 is 1.33 bits per heavy atom. The zero-order valence-corrected chi connectivity index (χ0v) is 14.7. The quantitative estimate of drug-likeness (QED) is 0.467. The Hall–Kier alpha value is -2.03. The first-order chi connectivity index (χ1) is 11.8. The van der Waals surface area contributed by atoms with Crippen LogP contribution in [0.3, 0.4) is 0 Å². The minimum absolute atomic E-state index is 0.168. The van der Waals surface area contributed by atoms with Crippen molar-refractivity contribution >= 4 is 6.09 Å². The lowest BCUT2D eigenvalue weighted by atomic mass is 10.1. The molecule has 2 rings (SSSR count). The molecule has 2 atom stereocenters. The number of rotatable bonds is 8. The third kappa shape index (κ3) is 5.26. The Morgan fingerprint density at radius 3 is 2.83 bits per heavy atom. The highest BCUT2D eigenvalue weighted by Crippen LogP contribution is 2.29. The highest BCUT2D eigenvalue weighted by Gasteiger charge is 2.36. The molecular weight excluding hydrogens is 298 g/mol. The van der Waals surface area contributed by atoms with Gasteiger partial charge < -0.3 is 4.74 Å². The van der Waals surface area contributed by atoms with E-state index in [1.165, 1.54) is 0 Å². The monoisotopic (exact) mass is 327 g/mol. The van der Waals surface area contributed by atoms with Crippen LogP contribution in [0, 0.1) is 0 Å². The first-order valence-corrected chi connectivity index (χ1v) is 9.02. The predicted octanol–water partition coefficient (Wildman–Crippen LogP) is 5.48. The van der Waals surface area contributed by atoms with Crippen LogP contribution in [-0.2, 0) is 11.3 Å². The molecule has 0 spiro atoms. The molecule has 1 aromatic rings. The third-order valence-electron chi connectivity index (χ3n) is 4.50. The molecule has 0 N–H and O–H groups in total. The van der Waals surface area contributed by atoms with Crippen molar-refractivity contribution in [2.24, 2.45) is 0 Å². The molecule has 0 saturated carbocycles. The molecule has 1 aliphatic rings. The van der Waals surface area contributed by atoms with Crippen LogP contribution in [0.1, 0.15) is 51.0 Å². The second-order valence-corrected chi connectivity index (χ2v) is 6.30. The summed E-state index contributed by atoms with van der Waals surface area (Å²) >= 11 is 0. The van der Waals surface area contributed by atoms with Crippen LogP contribution in [0.25, 0.3) is 0 Å². The highest BCUT2D eigenvalue weighted by molar-refractivity contribution is 5.69. The lowest BCUT2D eigenvalue weighted by molar-refractivity contribution is 0.0825. The fourth-order valence-electron chi connectivity index (χ4n) is 3.25. The van der Waals surface area contributed by atoms with Crippen molar-refractivity contribution < 1.29 is 9.53 Å². The van der Waals surface area contributed by atoms with Crippen LogP contribution < -0.4 is 0 Å². The maximum Gasteiger partial charge on any atom is 0.410 e. The van der Waals surface area contributed by atoms with E-state index in [1.54, 1.807) is 0 Å². The van der Waals surface area contributed by atoms with Crippen LogP contribution in [-0.4, -0.2) is 23.1 Å². The van der Waals surface area contributed by atoms with Crippen molar-refractivity contribution in [2.45, 2.75) is 64.1 Å². The number of likely N-dealkylation sites (tertiary alicyclic amines) is 1. The number of hydrogen-bond donors (Lipinski definition) is 0. The minimum Gasteiger partial charge on any atom is -0.445 e. The summed E-state index contributed by atoms with van der Waals surface area (Å²) in [5.41, 5.74) is 1.02. The summed E-state index contributed by atoms with van der Waals surface area (Å²) in [6, 6.07) is 10.3. The molecular formula is C21H29NO2. The Labute approximate surface area is 146 Å². The average Bonchev–Trinajstić information content (AvgIpc) is 3.02.